The molecule has 3 atom stereocenters. The maximum atomic E-state index is 6.07. The monoisotopic (exact) mass is 294 g/mol. The van der Waals surface area contributed by atoms with Crippen LogP contribution >= 0.6 is 15.9 Å². The van der Waals surface area contributed by atoms with Gasteiger partial charge in [-0.05, 0) is 30.7 Å². The van der Waals surface area contributed by atoms with Crippen molar-refractivity contribution in [3.63, 3.8) is 0 Å². The first-order valence-corrected chi connectivity index (χ1v) is 6.73. The second-order valence-electron chi connectivity index (χ2n) is 4.71. The minimum atomic E-state index is 0.188. The Morgan fingerprint density at radius 2 is 2.24 bits per heavy atom. The van der Waals surface area contributed by atoms with Crippen molar-refractivity contribution in [2.24, 2.45) is 5.92 Å². The number of benzene rings is 1. The molecule has 0 aromatic heterocycles. The Morgan fingerprint density at radius 3 is 3.06 bits per heavy atom. The van der Waals surface area contributed by atoms with Crippen molar-refractivity contribution < 1.29 is 9.47 Å². The zero-order chi connectivity index (χ0) is 12.0. The predicted molar refractivity (Wildman–Crippen MR) is 71.1 cm³/mol. The molecule has 1 aromatic rings. The molecule has 0 aliphatic carbocycles. The van der Waals surface area contributed by atoms with Gasteiger partial charge in [0.1, 0.15) is 11.9 Å². The molecule has 3 heteroatoms. The summed E-state index contributed by atoms with van der Waals surface area (Å²) in [7, 11) is 0. The normalized spacial score (nSPS) is 31.4. The van der Waals surface area contributed by atoms with Crippen LogP contribution in [0.15, 0.2) is 29.3 Å². The van der Waals surface area contributed by atoms with E-state index in [0.717, 1.165) is 34.4 Å². The topological polar surface area (TPSA) is 18.5 Å². The van der Waals surface area contributed by atoms with Gasteiger partial charge in [-0.15, -0.1) is 0 Å². The summed E-state index contributed by atoms with van der Waals surface area (Å²) in [5.41, 5.74) is 2.25. The smallest absolute Gasteiger partial charge is 0.127 e. The molecule has 1 saturated heterocycles. The van der Waals surface area contributed by atoms with Gasteiger partial charge in [0.05, 0.1) is 12.7 Å². The first-order chi connectivity index (χ1) is 8.16. The Hall–Kier alpha value is -0.800. The van der Waals surface area contributed by atoms with Crippen LogP contribution < -0.4 is 4.74 Å². The summed E-state index contributed by atoms with van der Waals surface area (Å²) in [6.45, 7) is 7.14. The van der Waals surface area contributed by atoms with Crippen LogP contribution in [-0.4, -0.2) is 18.8 Å². The fraction of sp³-hybridized carbons (Fsp3) is 0.429. The van der Waals surface area contributed by atoms with E-state index in [4.69, 9.17) is 9.47 Å². The van der Waals surface area contributed by atoms with Gasteiger partial charge in [-0.25, -0.2) is 0 Å². The summed E-state index contributed by atoms with van der Waals surface area (Å²) in [6, 6.07) is 6.10. The van der Waals surface area contributed by atoms with Crippen LogP contribution in [0, 0.1) is 5.92 Å². The third kappa shape index (κ3) is 1.81. The van der Waals surface area contributed by atoms with Crippen LogP contribution in [0.5, 0.6) is 5.75 Å². The summed E-state index contributed by atoms with van der Waals surface area (Å²) in [4.78, 5) is 0. The molecule has 2 aliphatic rings. The summed E-state index contributed by atoms with van der Waals surface area (Å²) in [5, 5.41) is 0. The Kier molecular flexibility index (Phi) is 2.75. The highest BCUT2D eigenvalue weighted by molar-refractivity contribution is 9.10. The van der Waals surface area contributed by atoms with E-state index in [9.17, 15) is 0 Å². The van der Waals surface area contributed by atoms with Crippen LogP contribution in [0.1, 0.15) is 18.9 Å². The molecule has 90 valence electrons. The fourth-order valence-corrected chi connectivity index (χ4v) is 3.16. The number of halogens is 1. The molecule has 2 aliphatic heterocycles. The van der Waals surface area contributed by atoms with Gasteiger partial charge in [-0.3, -0.25) is 0 Å². The molecule has 0 radical (unpaired) electrons. The number of hydrogen-bond acceptors (Lipinski definition) is 2. The molecule has 3 unspecified atom stereocenters. The molecule has 1 fully saturated rings. The maximum absolute atomic E-state index is 6.07. The second-order valence-corrected chi connectivity index (χ2v) is 5.63. The molecule has 3 rings (SSSR count). The molecule has 1 aromatic carbocycles. The van der Waals surface area contributed by atoms with Gasteiger partial charge in [0.15, 0.2) is 0 Å². The SMILES string of the molecule is C=C1c2cc(Br)ccc2OC2CCOC(C)C12. The van der Waals surface area contributed by atoms with Gasteiger partial charge >= 0.3 is 0 Å². The maximum Gasteiger partial charge on any atom is 0.127 e. The molecule has 2 heterocycles. The average Bonchev–Trinajstić information content (AvgIpc) is 2.30. The fourth-order valence-electron chi connectivity index (χ4n) is 2.79. The van der Waals surface area contributed by atoms with Crippen LogP contribution in [0.25, 0.3) is 5.57 Å². The van der Waals surface area contributed by atoms with E-state index in [1.54, 1.807) is 0 Å². The van der Waals surface area contributed by atoms with Crippen molar-refractivity contribution in [1.29, 1.82) is 0 Å². The Bertz CT molecular complexity index is 469. The summed E-state index contributed by atoms with van der Waals surface area (Å²) >= 11 is 3.49. The number of rotatable bonds is 0. The van der Waals surface area contributed by atoms with Gasteiger partial charge < -0.3 is 9.47 Å². The molecule has 0 saturated carbocycles. The van der Waals surface area contributed by atoms with E-state index in [-0.39, 0.29) is 18.1 Å². The molecule has 0 amide bonds. The van der Waals surface area contributed by atoms with E-state index in [1.807, 2.05) is 12.1 Å². The second kappa shape index (κ2) is 4.14. The van der Waals surface area contributed by atoms with Gasteiger partial charge in [0, 0.05) is 22.4 Å². The van der Waals surface area contributed by atoms with Crippen molar-refractivity contribution in [3.8, 4) is 5.75 Å². The quantitative estimate of drug-likeness (QED) is 0.727. The van der Waals surface area contributed by atoms with Crippen LogP contribution in [0.2, 0.25) is 0 Å². The minimum absolute atomic E-state index is 0.188. The highest BCUT2D eigenvalue weighted by atomic mass is 79.9. The number of fused-ring (bicyclic) bond motifs is 2. The largest absolute Gasteiger partial charge is 0.489 e. The van der Waals surface area contributed by atoms with Crippen molar-refractivity contribution in [3.05, 3.63) is 34.8 Å². The molecule has 0 bridgehead atoms. The molecule has 2 nitrogen and oxygen atoms in total. The van der Waals surface area contributed by atoms with Gasteiger partial charge in [0.2, 0.25) is 0 Å². The van der Waals surface area contributed by atoms with E-state index >= 15 is 0 Å². The number of hydrogen-bond donors (Lipinski definition) is 0. The first-order valence-electron chi connectivity index (χ1n) is 5.94. The first kappa shape index (κ1) is 11.3. The summed E-state index contributed by atoms with van der Waals surface area (Å²) in [5.74, 6) is 1.24. The highest BCUT2D eigenvalue weighted by Crippen LogP contribution is 2.44. The highest BCUT2D eigenvalue weighted by Gasteiger charge is 2.39. The van der Waals surface area contributed by atoms with Crippen LogP contribution in [-0.2, 0) is 4.74 Å². The van der Waals surface area contributed by atoms with E-state index in [0.29, 0.717) is 0 Å². The molecule has 0 N–H and O–H groups in total. The van der Waals surface area contributed by atoms with E-state index in [2.05, 4.69) is 35.5 Å². The molecular weight excluding hydrogens is 280 g/mol. The third-order valence-corrected chi connectivity index (χ3v) is 4.15. The standard InChI is InChI=1S/C14H15BrO2/c1-8-11-7-10(15)3-4-12(11)17-13-5-6-16-9(2)14(8)13/h3-4,7,9,13-14H,1,5-6H2,2H3. The van der Waals surface area contributed by atoms with E-state index < -0.39 is 0 Å². The van der Waals surface area contributed by atoms with Crippen molar-refractivity contribution in [2.75, 3.05) is 6.61 Å². The average molecular weight is 295 g/mol. The minimum Gasteiger partial charge on any atom is -0.489 e. The summed E-state index contributed by atoms with van der Waals surface area (Å²) in [6.07, 6.45) is 1.36. The molecular formula is C14H15BrO2. The summed E-state index contributed by atoms with van der Waals surface area (Å²) < 4.78 is 12.8. The lowest BCUT2D eigenvalue weighted by atomic mass is 9.80. The van der Waals surface area contributed by atoms with Crippen molar-refractivity contribution in [1.82, 2.24) is 0 Å². The Morgan fingerprint density at radius 1 is 1.41 bits per heavy atom. The zero-order valence-electron chi connectivity index (χ0n) is 9.78. The third-order valence-electron chi connectivity index (χ3n) is 3.66. The van der Waals surface area contributed by atoms with Gasteiger partial charge in [-0.2, -0.15) is 0 Å². The van der Waals surface area contributed by atoms with Crippen LogP contribution in [0.3, 0.4) is 0 Å². The van der Waals surface area contributed by atoms with E-state index in [1.165, 1.54) is 0 Å². The number of ether oxygens (including phenoxy) is 2. The van der Waals surface area contributed by atoms with Crippen LogP contribution in [0.4, 0.5) is 0 Å². The Labute approximate surface area is 110 Å². The van der Waals surface area contributed by atoms with Gasteiger partial charge in [-0.1, -0.05) is 22.5 Å². The lowest BCUT2D eigenvalue weighted by Crippen LogP contribution is -2.44. The van der Waals surface area contributed by atoms with Gasteiger partial charge in [0.25, 0.3) is 0 Å². The predicted octanol–water partition coefficient (Wildman–Crippen LogP) is 3.65. The molecule has 17 heavy (non-hydrogen) atoms. The lowest BCUT2D eigenvalue weighted by molar-refractivity contribution is -0.0569. The Balaban J connectivity index is 2.04. The van der Waals surface area contributed by atoms with Crippen molar-refractivity contribution >= 4 is 21.5 Å². The zero-order valence-corrected chi connectivity index (χ0v) is 11.4. The lowest BCUT2D eigenvalue weighted by Gasteiger charge is -2.41. The molecule has 0 spiro atoms. The van der Waals surface area contributed by atoms with Crippen molar-refractivity contribution in [2.45, 2.75) is 25.6 Å².